The molecule has 0 saturated carbocycles. The minimum Gasteiger partial charge on any atom is -0.452 e. The van der Waals surface area contributed by atoms with Gasteiger partial charge >= 0.3 is 12.0 Å². The summed E-state index contributed by atoms with van der Waals surface area (Å²) in [5.41, 5.74) is 3.41. The number of pyridine rings is 1. The number of carbonyl (C=O) groups is 3. The topological polar surface area (TPSA) is 97.4 Å². The van der Waals surface area contributed by atoms with Crippen LogP contribution in [0.1, 0.15) is 22.8 Å². The molecule has 2 N–H and O–H groups in total. The molecular weight excluding hydrogens is 370 g/mol. The number of nitrogens with one attached hydrogen (secondary N) is 2. The summed E-state index contributed by atoms with van der Waals surface area (Å²) in [7, 11) is 0. The highest BCUT2D eigenvalue weighted by atomic mass is 16.5. The Bertz CT molecular complexity index is 1060. The summed E-state index contributed by atoms with van der Waals surface area (Å²) in [6.45, 7) is 3.46. The summed E-state index contributed by atoms with van der Waals surface area (Å²) in [4.78, 5) is 40.6. The normalized spacial score (nSPS) is 10.4. The van der Waals surface area contributed by atoms with E-state index in [-0.39, 0.29) is 0 Å². The summed E-state index contributed by atoms with van der Waals surface area (Å²) in [6, 6.07) is 16.1. The van der Waals surface area contributed by atoms with Crippen molar-refractivity contribution in [3.63, 3.8) is 0 Å². The van der Waals surface area contributed by atoms with Gasteiger partial charge in [-0.1, -0.05) is 42.0 Å². The van der Waals surface area contributed by atoms with Gasteiger partial charge in [-0.05, 0) is 32.0 Å². The molecule has 0 aliphatic carbocycles. The zero-order valence-electron chi connectivity index (χ0n) is 16.2. The summed E-state index contributed by atoms with van der Waals surface area (Å²) < 4.78 is 5.15. The summed E-state index contributed by atoms with van der Waals surface area (Å²) >= 11 is 0. The van der Waals surface area contributed by atoms with Gasteiger partial charge in [0.15, 0.2) is 6.61 Å². The Morgan fingerprint density at radius 1 is 1.03 bits per heavy atom. The molecule has 3 aromatic rings. The first-order valence-corrected chi connectivity index (χ1v) is 9.19. The Kier molecular flexibility index (Phi) is 6.19. The van der Waals surface area contributed by atoms with E-state index in [1.165, 1.54) is 0 Å². The van der Waals surface area contributed by atoms with Crippen LogP contribution in [-0.2, 0) is 9.53 Å². The zero-order valence-corrected chi connectivity index (χ0v) is 16.2. The molecule has 29 heavy (non-hydrogen) atoms. The van der Waals surface area contributed by atoms with E-state index in [1.807, 2.05) is 55.5 Å². The molecule has 0 aliphatic rings. The van der Waals surface area contributed by atoms with Crippen LogP contribution in [-0.4, -0.2) is 36.0 Å². The van der Waals surface area contributed by atoms with Gasteiger partial charge in [-0.3, -0.25) is 10.1 Å². The molecule has 0 radical (unpaired) electrons. The van der Waals surface area contributed by atoms with Gasteiger partial charge in [0.25, 0.3) is 5.91 Å². The van der Waals surface area contributed by atoms with Crippen molar-refractivity contribution in [2.45, 2.75) is 13.8 Å². The van der Waals surface area contributed by atoms with Crippen molar-refractivity contribution < 1.29 is 19.1 Å². The van der Waals surface area contributed by atoms with Crippen molar-refractivity contribution in [2.75, 3.05) is 13.2 Å². The van der Waals surface area contributed by atoms with E-state index in [0.717, 1.165) is 11.1 Å². The fourth-order valence-corrected chi connectivity index (χ4v) is 2.84. The van der Waals surface area contributed by atoms with Crippen LogP contribution in [0.15, 0.2) is 54.6 Å². The highest BCUT2D eigenvalue weighted by Crippen LogP contribution is 2.26. The lowest BCUT2D eigenvalue weighted by Crippen LogP contribution is -2.41. The number of aromatic nitrogens is 1. The Hall–Kier alpha value is -3.74. The maximum atomic E-state index is 12.7. The van der Waals surface area contributed by atoms with Crippen LogP contribution >= 0.6 is 0 Å². The number of esters is 1. The number of nitrogens with zero attached hydrogens (tertiary/aromatic N) is 1. The standard InChI is InChI=1S/C22H21N3O4/c1-3-23-22(28)25-20(26)13-29-21(27)17-12-19(15-7-5-4-6-8-15)24-18-10-9-14(2)11-16(17)18/h4-12H,3,13H2,1-2H3,(H2,23,25,26,28). The maximum absolute atomic E-state index is 12.7. The predicted octanol–water partition coefficient (Wildman–Crippen LogP) is 3.21. The van der Waals surface area contributed by atoms with Crippen LogP contribution < -0.4 is 10.6 Å². The third-order valence-corrected chi connectivity index (χ3v) is 4.18. The molecule has 3 amide bonds. The highest BCUT2D eigenvalue weighted by molar-refractivity contribution is 6.05. The summed E-state index contributed by atoms with van der Waals surface area (Å²) in [5.74, 6) is -1.37. The van der Waals surface area contributed by atoms with Gasteiger partial charge in [-0.25, -0.2) is 14.6 Å². The minimum atomic E-state index is -0.706. The van der Waals surface area contributed by atoms with Crippen LogP contribution in [0.3, 0.4) is 0 Å². The molecule has 2 aromatic carbocycles. The van der Waals surface area contributed by atoms with Gasteiger partial charge in [0, 0.05) is 17.5 Å². The third-order valence-electron chi connectivity index (χ3n) is 4.18. The lowest BCUT2D eigenvalue weighted by molar-refractivity contribution is -0.123. The Balaban J connectivity index is 1.88. The van der Waals surface area contributed by atoms with Crippen molar-refractivity contribution in [1.29, 1.82) is 0 Å². The van der Waals surface area contributed by atoms with Crippen molar-refractivity contribution in [3.05, 3.63) is 65.7 Å². The molecule has 1 aromatic heterocycles. The first-order chi connectivity index (χ1) is 14.0. The SMILES string of the molecule is CCNC(=O)NC(=O)COC(=O)c1cc(-c2ccccc2)nc2ccc(C)cc12. The van der Waals surface area contributed by atoms with Crippen LogP contribution in [0.2, 0.25) is 0 Å². The molecule has 0 aliphatic heterocycles. The lowest BCUT2D eigenvalue weighted by atomic mass is 10.0. The van der Waals surface area contributed by atoms with Crippen LogP contribution in [0.25, 0.3) is 22.2 Å². The van der Waals surface area contributed by atoms with Crippen molar-refractivity contribution in [1.82, 2.24) is 15.6 Å². The molecule has 0 atom stereocenters. The van der Waals surface area contributed by atoms with Gasteiger partial charge in [-0.2, -0.15) is 0 Å². The second-order valence-electron chi connectivity index (χ2n) is 6.43. The van der Waals surface area contributed by atoms with Gasteiger partial charge in [0.2, 0.25) is 0 Å². The number of urea groups is 1. The largest absolute Gasteiger partial charge is 0.452 e. The van der Waals surface area contributed by atoms with E-state index in [4.69, 9.17) is 4.74 Å². The number of imide groups is 1. The fourth-order valence-electron chi connectivity index (χ4n) is 2.84. The number of aryl methyl sites for hydroxylation is 1. The number of fused-ring (bicyclic) bond motifs is 1. The number of carbonyl (C=O) groups excluding carboxylic acids is 3. The summed E-state index contributed by atoms with van der Waals surface area (Å²) in [6.07, 6.45) is 0. The average molecular weight is 391 g/mol. The fraction of sp³-hybridized carbons (Fsp3) is 0.182. The molecule has 0 unspecified atom stereocenters. The van der Waals surface area contributed by atoms with E-state index in [0.29, 0.717) is 28.7 Å². The first-order valence-electron chi connectivity index (χ1n) is 9.19. The van der Waals surface area contributed by atoms with E-state index in [1.54, 1.807) is 13.0 Å². The molecular formula is C22H21N3O4. The molecule has 1 heterocycles. The molecule has 0 saturated heterocycles. The Labute approximate surface area is 168 Å². The monoisotopic (exact) mass is 391 g/mol. The number of rotatable bonds is 5. The van der Waals surface area contributed by atoms with Crippen molar-refractivity contribution >= 4 is 28.8 Å². The maximum Gasteiger partial charge on any atom is 0.339 e. The number of hydrogen-bond acceptors (Lipinski definition) is 5. The lowest BCUT2D eigenvalue weighted by Gasteiger charge is -2.11. The molecule has 3 rings (SSSR count). The Morgan fingerprint density at radius 2 is 1.79 bits per heavy atom. The number of benzene rings is 2. The van der Waals surface area contributed by atoms with Gasteiger partial charge in [0.05, 0.1) is 16.8 Å². The smallest absolute Gasteiger partial charge is 0.339 e. The van der Waals surface area contributed by atoms with Crippen LogP contribution in [0, 0.1) is 6.92 Å². The predicted molar refractivity (Wildman–Crippen MR) is 109 cm³/mol. The molecule has 0 bridgehead atoms. The molecule has 148 valence electrons. The minimum absolute atomic E-state index is 0.309. The van der Waals surface area contributed by atoms with Gasteiger partial charge < -0.3 is 10.1 Å². The van der Waals surface area contributed by atoms with Crippen LogP contribution in [0.5, 0.6) is 0 Å². The second kappa shape index (κ2) is 8.97. The van der Waals surface area contributed by atoms with Gasteiger partial charge in [-0.15, -0.1) is 0 Å². The molecule has 0 fully saturated rings. The third kappa shape index (κ3) is 4.95. The number of hydrogen-bond donors (Lipinski definition) is 2. The van der Waals surface area contributed by atoms with E-state index >= 15 is 0 Å². The molecule has 0 spiro atoms. The number of amides is 3. The number of ether oxygens (including phenoxy) is 1. The van der Waals surface area contributed by atoms with Crippen LogP contribution in [0.4, 0.5) is 4.79 Å². The quantitative estimate of drug-likeness (QED) is 0.651. The molecule has 7 heteroatoms. The van der Waals surface area contributed by atoms with Crippen molar-refractivity contribution in [2.24, 2.45) is 0 Å². The van der Waals surface area contributed by atoms with Gasteiger partial charge in [0.1, 0.15) is 0 Å². The van der Waals surface area contributed by atoms with E-state index in [2.05, 4.69) is 15.6 Å². The Morgan fingerprint density at radius 3 is 2.52 bits per heavy atom. The molecule has 7 nitrogen and oxygen atoms in total. The van der Waals surface area contributed by atoms with E-state index in [9.17, 15) is 14.4 Å². The highest BCUT2D eigenvalue weighted by Gasteiger charge is 2.17. The first kappa shape index (κ1) is 20.0. The second-order valence-corrected chi connectivity index (χ2v) is 6.43. The average Bonchev–Trinajstić information content (AvgIpc) is 2.72. The zero-order chi connectivity index (χ0) is 20.8. The van der Waals surface area contributed by atoms with Crippen molar-refractivity contribution in [3.8, 4) is 11.3 Å². The summed E-state index contributed by atoms with van der Waals surface area (Å²) in [5, 5.41) is 5.16. The van der Waals surface area contributed by atoms with E-state index < -0.39 is 24.5 Å².